The number of aromatic nitrogens is 3. The molecular weight excluding hydrogens is 293 g/mol. The lowest BCUT2D eigenvalue weighted by molar-refractivity contribution is -0.105. The van der Waals surface area contributed by atoms with E-state index in [1.807, 2.05) is 0 Å². The third kappa shape index (κ3) is 4.72. The number of nitrogens with two attached hydrogens (primary N) is 1. The van der Waals surface area contributed by atoms with Crippen LogP contribution in [0.5, 0.6) is 0 Å². The monoisotopic (exact) mass is 306 g/mol. The largest absolute Gasteiger partial charge is 0.398 e. The van der Waals surface area contributed by atoms with Gasteiger partial charge in [-0.15, -0.1) is 11.8 Å². The number of allylic oxidation sites excluding steroid dienone is 3. The first-order chi connectivity index (χ1) is 9.10. The molecule has 0 fully saturated rings. The van der Waals surface area contributed by atoms with Gasteiger partial charge >= 0.3 is 11.9 Å². The molecule has 0 amide bonds. The lowest BCUT2D eigenvalue weighted by Gasteiger charge is -2.08. The van der Waals surface area contributed by atoms with Crippen LogP contribution in [0.1, 0.15) is 12.6 Å². The fraction of sp³-hybridized carbons (Fsp3) is 0.364. The molecule has 0 aliphatic rings. The van der Waals surface area contributed by atoms with Crippen LogP contribution < -0.4 is 11.4 Å². The maximum absolute atomic E-state index is 12.1. The first-order valence-corrected chi connectivity index (χ1v) is 6.36. The number of thioether (sulfide) groups is 1. The Morgan fingerprint density at radius 3 is 2.70 bits per heavy atom. The minimum absolute atomic E-state index is 0.108. The van der Waals surface area contributed by atoms with Crippen molar-refractivity contribution in [3.05, 3.63) is 33.7 Å². The zero-order chi connectivity index (χ0) is 15.5. The highest BCUT2D eigenvalue weighted by molar-refractivity contribution is 8.03. The second kappa shape index (κ2) is 6.12. The van der Waals surface area contributed by atoms with E-state index in [0.717, 1.165) is 4.68 Å². The highest BCUT2D eigenvalue weighted by atomic mass is 32.2. The standard InChI is InChI=1S/C11H13F3N4OS/c1-6(4-7(2)20-5-11(12,13)14)8-9(15)16-10(19)18(3)17-8/h4H,1,5H2,2-3H3,(H2,15,16,19)/b7-4+. The zero-order valence-electron chi connectivity index (χ0n) is 10.9. The number of anilines is 1. The van der Waals surface area contributed by atoms with Gasteiger partial charge in [-0.3, -0.25) is 0 Å². The third-order valence-corrected chi connectivity index (χ3v) is 3.18. The van der Waals surface area contributed by atoms with E-state index in [0.29, 0.717) is 16.7 Å². The van der Waals surface area contributed by atoms with Crippen LogP contribution in [-0.2, 0) is 7.05 Å². The minimum Gasteiger partial charge on any atom is -0.382 e. The van der Waals surface area contributed by atoms with Crippen molar-refractivity contribution in [2.45, 2.75) is 13.1 Å². The molecule has 2 N–H and O–H groups in total. The first-order valence-electron chi connectivity index (χ1n) is 5.38. The second-order valence-corrected chi connectivity index (χ2v) is 5.16. The SMILES string of the molecule is C=C(/C=C(\C)SCC(F)(F)F)c1nn(C)c(=O)nc1N. The summed E-state index contributed by atoms with van der Waals surface area (Å²) < 4.78 is 37.2. The van der Waals surface area contributed by atoms with Gasteiger partial charge in [-0.1, -0.05) is 6.58 Å². The van der Waals surface area contributed by atoms with Gasteiger partial charge in [0.25, 0.3) is 0 Å². The molecule has 0 radical (unpaired) electrons. The summed E-state index contributed by atoms with van der Waals surface area (Å²) in [5.41, 5.74) is 5.38. The van der Waals surface area contributed by atoms with Crippen molar-refractivity contribution >= 4 is 23.2 Å². The second-order valence-electron chi connectivity index (χ2n) is 3.94. The zero-order valence-corrected chi connectivity index (χ0v) is 11.7. The van der Waals surface area contributed by atoms with Gasteiger partial charge in [0.1, 0.15) is 5.69 Å². The lowest BCUT2D eigenvalue weighted by atomic mass is 10.2. The molecule has 0 saturated carbocycles. The van der Waals surface area contributed by atoms with Crippen molar-refractivity contribution in [1.29, 1.82) is 0 Å². The van der Waals surface area contributed by atoms with Crippen molar-refractivity contribution in [3.8, 4) is 0 Å². The molecule has 1 aromatic rings. The molecule has 0 aliphatic heterocycles. The number of alkyl halides is 3. The predicted molar refractivity (Wildman–Crippen MR) is 73.0 cm³/mol. The van der Waals surface area contributed by atoms with Crippen LogP contribution in [0.4, 0.5) is 19.0 Å². The number of nitrogens with zero attached hydrogens (tertiary/aromatic N) is 3. The topological polar surface area (TPSA) is 73.8 Å². The number of nitrogen functional groups attached to an aromatic ring is 1. The average molecular weight is 306 g/mol. The molecule has 0 bridgehead atoms. The Labute approximate surface area is 117 Å². The Hall–Kier alpha value is -1.77. The van der Waals surface area contributed by atoms with Crippen LogP contribution in [0, 0.1) is 0 Å². The van der Waals surface area contributed by atoms with Gasteiger partial charge < -0.3 is 5.73 Å². The van der Waals surface area contributed by atoms with Gasteiger partial charge in [-0.2, -0.15) is 23.3 Å². The van der Waals surface area contributed by atoms with Crippen molar-refractivity contribution in [2.75, 3.05) is 11.5 Å². The fourth-order valence-corrected chi connectivity index (χ4v) is 1.87. The van der Waals surface area contributed by atoms with Gasteiger partial charge in [0.15, 0.2) is 5.82 Å². The minimum atomic E-state index is -4.24. The van der Waals surface area contributed by atoms with Crippen molar-refractivity contribution in [1.82, 2.24) is 14.8 Å². The molecule has 0 spiro atoms. The summed E-state index contributed by atoms with van der Waals surface area (Å²) in [5.74, 6) is -1.10. The summed E-state index contributed by atoms with van der Waals surface area (Å²) in [5, 5.41) is 3.88. The van der Waals surface area contributed by atoms with Crippen molar-refractivity contribution in [3.63, 3.8) is 0 Å². The van der Waals surface area contributed by atoms with Crippen molar-refractivity contribution in [2.24, 2.45) is 7.05 Å². The van der Waals surface area contributed by atoms with Crippen LogP contribution in [-0.4, -0.2) is 26.7 Å². The van der Waals surface area contributed by atoms with E-state index in [2.05, 4.69) is 16.7 Å². The molecule has 0 saturated heterocycles. The molecular formula is C11H13F3N4OS. The quantitative estimate of drug-likeness (QED) is 0.861. The van der Waals surface area contributed by atoms with E-state index in [-0.39, 0.29) is 17.1 Å². The molecule has 1 rings (SSSR count). The van der Waals surface area contributed by atoms with E-state index < -0.39 is 17.6 Å². The molecule has 9 heteroatoms. The van der Waals surface area contributed by atoms with Crippen LogP contribution in [0.15, 0.2) is 22.4 Å². The summed E-state index contributed by atoms with van der Waals surface area (Å²) in [6.07, 6.45) is -2.82. The summed E-state index contributed by atoms with van der Waals surface area (Å²) >= 11 is 0.637. The number of hydrogen-bond donors (Lipinski definition) is 1. The Bertz CT molecular complexity index is 607. The number of aryl methyl sites for hydroxylation is 1. The molecule has 0 atom stereocenters. The Morgan fingerprint density at radius 1 is 1.55 bits per heavy atom. The Morgan fingerprint density at radius 2 is 2.15 bits per heavy atom. The predicted octanol–water partition coefficient (Wildman–Crippen LogP) is 1.97. The maximum atomic E-state index is 12.1. The summed E-state index contributed by atoms with van der Waals surface area (Å²) in [6.45, 7) is 5.19. The normalized spacial score (nSPS) is 12.6. The molecule has 1 aromatic heterocycles. The molecule has 20 heavy (non-hydrogen) atoms. The van der Waals surface area contributed by atoms with E-state index in [4.69, 9.17) is 5.73 Å². The maximum Gasteiger partial charge on any atom is 0.398 e. The van der Waals surface area contributed by atoms with Gasteiger partial charge in [0.05, 0.1) is 5.75 Å². The van der Waals surface area contributed by atoms with Crippen LogP contribution in [0.25, 0.3) is 5.57 Å². The molecule has 0 aliphatic carbocycles. The van der Waals surface area contributed by atoms with E-state index in [9.17, 15) is 18.0 Å². The van der Waals surface area contributed by atoms with Gasteiger partial charge in [0, 0.05) is 7.05 Å². The van der Waals surface area contributed by atoms with E-state index >= 15 is 0 Å². The highest BCUT2D eigenvalue weighted by Gasteiger charge is 2.27. The average Bonchev–Trinajstić information content (AvgIpc) is 2.30. The number of halogens is 3. The van der Waals surface area contributed by atoms with Crippen molar-refractivity contribution < 1.29 is 13.2 Å². The lowest BCUT2D eigenvalue weighted by Crippen LogP contribution is -2.25. The smallest absolute Gasteiger partial charge is 0.382 e. The highest BCUT2D eigenvalue weighted by Crippen LogP contribution is 2.28. The van der Waals surface area contributed by atoms with E-state index in [1.165, 1.54) is 20.0 Å². The van der Waals surface area contributed by atoms with Crippen LogP contribution in [0.3, 0.4) is 0 Å². The number of rotatable bonds is 4. The summed E-state index contributed by atoms with van der Waals surface area (Å²) in [6, 6.07) is 0. The first kappa shape index (κ1) is 16.3. The molecule has 0 unspecified atom stereocenters. The molecule has 5 nitrogen and oxygen atoms in total. The number of hydrogen-bond acceptors (Lipinski definition) is 5. The van der Waals surface area contributed by atoms with Crippen LogP contribution >= 0.6 is 11.8 Å². The Balaban J connectivity index is 2.91. The fourth-order valence-electron chi connectivity index (χ4n) is 1.25. The third-order valence-electron chi connectivity index (χ3n) is 2.13. The summed E-state index contributed by atoms with van der Waals surface area (Å²) in [4.78, 5) is 15.1. The van der Waals surface area contributed by atoms with Crippen LogP contribution in [0.2, 0.25) is 0 Å². The van der Waals surface area contributed by atoms with Gasteiger partial charge in [0.2, 0.25) is 0 Å². The summed E-state index contributed by atoms with van der Waals surface area (Å²) in [7, 11) is 1.39. The van der Waals surface area contributed by atoms with Gasteiger partial charge in [-0.25, -0.2) is 9.48 Å². The molecule has 1 heterocycles. The Kier molecular flexibility index (Phi) is 4.98. The van der Waals surface area contributed by atoms with Gasteiger partial charge in [-0.05, 0) is 23.5 Å². The molecule has 0 aromatic carbocycles. The van der Waals surface area contributed by atoms with E-state index in [1.54, 1.807) is 0 Å². The molecule has 110 valence electrons.